The van der Waals surface area contributed by atoms with Crippen molar-refractivity contribution in [3.63, 3.8) is 0 Å². The van der Waals surface area contributed by atoms with E-state index in [0.717, 1.165) is 0 Å². The minimum atomic E-state index is -0.897. The predicted molar refractivity (Wildman–Crippen MR) is 56.8 cm³/mol. The van der Waals surface area contributed by atoms with Crippen LogP contribution in [0.2, 0.25) is 0 Å². The molecule has 16 heavy (non-hydrogen) atoms. The number of hydrogen-bond acceptors (Lipinski definition) is 5. The Hall–Kier alpha value is -1.43. The van der Waals surface area contributed by atoms with E-state index in [1.54, 1.807) is 6.92 Å². The van der Waals surface area contributed by atoms with Gasteiger partial charge in [-0.15, -0.1) is 0 Å². The van der Waals surface area contributed by atoms with Gasteiger partial charge in [0.1, 0.15) is 16.9 Å². The molecule has 1 heterocycles. The van der Waals surface area contributed by atoms with E-state index in [9.17, 15) is 9.90 Å². The fourth-order valence-electron chi connectivity index (χ4n) is 1.54. The van der Waals surface area contributed by atoms with Gasteiger partial charge in [0.15, 0.2) is 0 Å². The zero-order valence-electron chi connectivity index (χ0n) is 9.78. The van der Waals surface area contributed by atoms with Crippen molar-refractivity contribution in [1.29, 1.82) is 0 Å². The van der Waals surface area contributed by atoms with Crippen LogP contribution in [0.4, 0.5) is 0 Å². The number of nitrogens with zero attached hydrogens (tertiary/aromatic N) is 2. The summed E-state index contributed by atoms with van der Waals surface area (Å²) in [6.45, 7) is 5.81. The van der Waals surface area contributed by atoms with Gasteiger partial charge >= 0.3 is 5.97 Å². The molecule has 90 valence electrons. The summed E-state index contributed by atoms with van der Waals surface area (Å²) in [5.41, 5.74) is 0.428. The average molecular weight is 227 g/mol. The number of hydrogen-bond donors (Lipinski definition) is 2. The molecule has 1 rings (SSSR count). The number of aromatic nitrogens is 2. The summed E-state index contributed by atoms with van der Waals surface area (Å²) in [5, 5.41) is 19.6. The van der Waals surface area contributed by atoms with Crippen molar-refractivity contribution in [3.8, 4) is 0 Å². The maximum absolute atomic E-state index is 11.2. The first-order valence-electron chi connectivity index (χ1n) is 5.32. The molecule has 0 aliphatic heterocycles. The van der Waals surface area contributed by atoms with E-state index in [1.807, 2.05) is 13.8 Å². The first kappa shape index (κ1) is 12.6. The molecule has 0 spiro atoms. The van der Waals surface area contributed by atoms with Crippen LogP contribution in [-0.4, -0.2) is 26.9 Å². The van der Waals surface area contributed by atoms with Gasteiger partial charge in [-0.25, -0.2) is 4.63 Å². The van der Waals surface area contributed by atoms with Crippen molar-refractivity contribution in [2.24, 2.45) is 0 Å². The SMILES string of the molecule is CCC(CC)(NCc1nonc1C)C(=O)O. The zero-order chi connectivity index (χ0) is 12.2. The molecule has 0 unspecified atom stereocenters. The third-order valence-electron chi connectivity index (χ3n) is 2.96. The summed E-state index contributed by atoms with van der Waals surface area (Å²) in [6, 6.07) is 0. The molecule has 1 aromatic heterocycles. The van der Waals surface area contributed by atoms with Gasteiger partial charge in [0.05, 0.1) is 0 Å². The summed E-state index contributed by atoms with van der Waals surface area (Å²) < 4.78 is 4.55. The lowest BCUT2D eigenvalue weighted by atomic mass is 9.93. The number of aryl methyl sites for hydroxylation is 1. The number of carboxylic acid groups (broad SMARTS) is 1. The highest BCUT2D eigenvalue weighted by molar-refractivity contribution is 5.78. The van der Waals surface area contributed by atoms with Gasteiger partial charge in [0.25, 0.3) is 0 Å². The fourth-order valence-corrected chi connectivity index (χ4v) is 1.54. The second kappa shape index (κ2) is 5.07. The van der Waals surface area contributed by atoms with Crippen LogP contribution < -0.4 is 5.32 Å². The van der Waals surface area contributed by atoms with Crippen LogP contribution in [0.3, 0.4) is 0 Å². The normalized spacial score (nSPS) is 11.7. The van der Waals surface area contributed by atoms with Crippen molar-refractivity contribution >= 4 is 5.97 Å². The molecule has 0 aliphatic carbocycles. The third kappa shape index (κ3) is 2.38. The van der Waals surface area contributed by atoms with Crippen LogP contribution in [0, 0.1) is 6.92 Å². The molecule has 2 N–H and O–H groups in total. The molecule has 0 aliphatic rings. The molecule has 0 fully saturated rings. The molecule has 0 aromatic carbocycles. The van der Waals surface area contributed by atoms with Gasteiger partial charge in [-0.1, -0.05) is 24.2 Å². The second-order valence-electron chi connectivity index (χ2n) is 3.74. The summed E-state index contributed by atoms with van der Waals surface area (Å²) in [4.78, 5) is 11.2. The van der Waals surface area contributed by atoms with Gasteiger partial charge in [-0.3, -0.25) is 10.1 Å². The number of rotatable bonds is 6. The summed E-state index contributed by atoms with van der Waals surface area (Å²) >= 11 is 0. The fraction of sp³-hybridized carbons (Fsp3) is 0.700. The van der Waals surface area contributed by atoms with Gasteiger partial charge in [-0.05, 0) is 19.8 Å². The van der Waals surface area contributed by atoms with Crippen molar-refractivity contribution in [3.05, 3.63) is 11.4 Å². The van der Waals surface area contributed by atoms with Crippen LogP contribution >= 0.6 is 0 Å². The molecular weight excluding hydrogens is 210 g/mol. The van der Waals surface area contributed by atoms with E-state index in [4.69, 9.17) is 0 Å². The Kier molecular flexibility index (Phi) is 4.00. The zero-order valence-corrected chi connectivity index (χ0v) is 9.78. The first-order chi connectivity index (χ1) is 7.55. The molecule has 0 amide bonds. The van der Waals surface area contributed by atoms with Gasteiger partial charge < -0.3 is 5.11 Å². The molecule has 0 bridgehead atoms. The Labute approximate surface area is 94.0 Å². The average Bonchev–Trinajstić information content (AvgIpc) is 2.66. The third-order valence-corrected chi connectivity index (χ3v) is 2.96. The lowest BCUT2D eigenvalue weighted by Crippen LogP contribution is -2.50. The Morgan fingerprint density at radius 2 is 2.06 bits per heavy atom. The highest BCUT2D eigenvalue weighted by atomic mass is 16.6. The summed E-state index contributed by atoms with van der Waals surface area (Å²) in [5.74, 6) is -0.841. The lowest BCUT2D eigenvalue weighted by molar-refractivity contribution is -0.145. The van der Waals surface area contributed by atoms with Crippen LogP contribution in [0.1, 0.15) is 38.1 Å². The molecule has 0 atom stereocenters. The predicted octanol–water partition coefficient (Wildman–Crippen LogP) is 1.11. The van der Waals surface area contributed by atoms with Gasteiger partial charge in [0.2, 0.25) is 0 Å². The van der Waals surface area contributed by atoms with E-state index in [-0.39, 0.29) is 0 Å². The van der Waals surface area contributed by atoms with E-state index in [0.29, 0.717) is 30.8 Å². The molecule has 1 aromatic rings. The first-order valence-corrected chi connectivity index (χ1v) is 5.32. The Morgan fingerprint density at radius 1 is 1.44 bits per heavy atom. The number of aliphatic carboxylic acids is 1. The molecule has 6 heteroatoms. The van der Waals surface area contributed by atoms with Gasteiger partial charge in [0, 0.05) is 6.54 Å². The Morgan fingerprint density at radius 3 is 2.44 bits per heavy atom. The van der Waals surface area contributed by atoms with Crippen molar-refractivity contribution in [2.45, 2.75) is 45.7 Å². The number of carboxylic acids is 1. The van der Waals surface area contributed by atoms with Crippen molar-refractivity contribution in [2.75, 3.05) is 0 Å². The maximum Gasteiger partial charge on any atom is 0.323 e. The Bertz CT molecular complexity index is 358. The van der Waals surface area contributed by atoms with Crippen LogP contribution in [0.5, 0.6) is 0 Å². The van der Waals surface area contributed by atoms with Crippen molar-refractivity contribution in [1.82, 2.24) is 15.6 Å². The summed E-state index contributed by atoms with van der Waals surface area (Å²) in [6.07, 6.45) is 1.03. The highest BCUT2D eigenvalue weighted by Crippen LogP contribution is 2.16. The van der Waals surface area contributed by atoms with Crippen LogP contribution in [0.25, 0.3) is 0 Å². The standard InChI is InChI=1S/C10H17N3O3/c1-4-10(5-2,9(14)15)11-6-8-7(3)12-16-13-8/h11H,4-6H2,1-3H3,(H,14,15). The van der Waals surface area contributed by atoms with E-state index in [2.05, 4.69) is 20.3 Å². The smallest absolute Gasteiger partial charge is 0.323 e. The summed E-state index contributed by atoms with van der Waals surface area (Å²) in [7, 11) is 0. The molecule has 0 saturated heterocycles. The molecular formula is C10H17N3O3. The minimum absolute atomic E-state index is 0.351. The highest BCUT2D eigenvalue weighted by Gasteiger charge is 2.34. The molecule has 6 nitrogen and oxygen atoms in total. The van der Waals surface area contributed by atoms with Gasteiger partial charge in [-0.2, -0.15) is 0 Å². The second-order valence-corrected chi connectivity index (χ2v) is 3.74. The van der Waals surface area contributed by atoms with E-state index in [1.165, 1.54) is 0 Å². The number of nitrogens with one attached hydrogen (secondary N) is 1. The maximum atomic E-state index is 11.2. The monoisotopic (exact) mass is 227 g/mol. The topological polar surface area (TPSA) is 88.3 Å². The van der Waals surface area contributed by atoms with Crippen molar-refractivity contribution < 1.29 is 14.5 Å². The van der Waals surface area contributed by atoms with E-state index >= 15 is 0 Å². The molecule has 0 radical (unpaired) electrons. The number of carbonyl (C=O) groups is 1. The lowest BCUT2D eigenvalue weighted by Gasteiger charge is -2.27. The molecule has 0 saturated carbocycles. The van der Waals surface area contributed by atoms with Crippen LogP contribution in [0.15, 0.2) is 4.63 Å². The minimum Gasteiger partial charge on any atom is -0.480 e. The van der Waals surface area contributed by atoms with Crippen LogP contribution in [-0.2, 0) is 11.3 Å². The quantitative estimate of drug-likeness (QED) is 0.756. The largest absolute Gasteiger partial charge is 0.480 e. The Balaban J connectivity index is 2.71. The van der Waals surface area contributed by atoms with E-state index < -0.39 is 11.5 Å².